The van der Waals surface area contributed by atoms with Gasteiger partial charge in [-0.2, -0.15) is 114 Å². The zero-order chi connectivity index (χ0) is 61.0. The summed E-state index contributed by atoms with van der Waals surface area (Å²) in [4.78, 5) is 33.4. The Kier molecular flexibility index (Phi) is 71.5. The van der Waals surface area contributed by atoms with E-state index in [2.05, 4.69) is 178 Å². The molecule has 0 bridgehead atoms. The van der Waals surface area contributed by atoms with Crippen LogP contribution in [0.25, 0.3) is 0 Å². The SMILES string of the molecule is CCCCCCCCC=CCCCCCCC(CC(S)(S)S)C(=O)[O-].CCCCCCCCC=CCCCCCCC(CC(S)(S)S)C(=O)[O-].CCCCCCCCC=CCCCCCCC(CC(S)(S)S)C(=O)[O-].CCC[CH2][Sn+3]. The quantitative estimate of drug-likeness (QED) is 0.00984. The van der Waals surface area contributed by atoms with Gasteiger partial charge in [0.1, 0.15) is 0 Å². The Balaban J connectivity index is -0.000000518. The van der Waals surface area contributed by atoms with E-state index in [0.717, 1.165) is 77.0 Å². The fraction of sp³-hybridized carbons (Fsp3) is 0.859. The Morgan fingerprint density at radius 3 is 0.637 bits per heavy atom. The molecule has 80 heavy (non-hydrogen) atoms. The summed E-state index contributed by atoms with van der Waals surface area (Å²) in [5.41, 5.74) is 0. The molecule has 16 heteroatoms. The van der Waals surface area contributed by atoms with Crippen molar-refractivity contribution in [2.24, 2.45) is 17.8 Å². The summed E-state index contributed by atoms with van der Waals surface area (Å²) < 4.78 is -1.13. The zero-order valence-electron chi connectivity index (χ0n) is 51.0. The number of hydrogen-bond donors (Lipinski definition) is 9. The van der Waals surface area contributed by atoms with E-state index in [1.165, 1.54) is 171 Å². The second-order valence-corrected chi connectivity index (χ2v) is 33.6. The van der Waals surface area contributed by atoms with Gasteiger partial charge in [0, 0.05) is 35.7 Å². The molecule has 0 amide bonds. The first-order valence-corrected chi connectivity index (χ1v) is 37.8. The van der Waals surface area contributed by atoms with Gasteiger partial charge in [-0.3, -0.25) is 0 Å². The van der Waals surface area contributed by atoms with E-state index in [0.29, 0.717) is 38.5 Å². The standard InChI is InChI=1S/3C20H38O2S3.C4H9.Sn/c3*1-2-3-4-5-6-7-8-9-10-11-12-13-14-15-16-18(19(21)22)17-20(23,24)25;1-3-4-2;/h3*9-10,18,23-25H,2-8,11-17H2,1H3,(H,21,22);1,3-4H2,2H3;/q;;;;+3/p-3. The molecule has 0 fully saturated rings. The van der Waals surface area contributed by atoms with Crippen LogP contribution in [-0.4, -0.2) is 50.7 Å². The van der Waals surface area contributed by atoms with Gasteiger partial charge in [0.25, 0.3) is 0 Å². The third-order valence-electron chi connectivity index (χ3n) is 13.8. The Morgan fingerprint density at radius 1 is 0.312 bits per heavy atom. The molecule has 3 atom stereocenters. The van der Waals surface area contributed by atoms with Crippen LogP contribution in [0.3, 0.4) is 0 Å². The van der Waals surface area contributed by atoms with Crippen molar-refractivity contribution in [2.45, 2.75) is 325 Å². The second kappa shape index (κ2) is 65.0. The molecule has 6 nitrogen and oxygen atoms in total. The molecule has 0 heterocycles. The van der Waals surface area contributed by atoms with Crippen LogP contribution in [0.15, 0.2) is 36.5 Å². The van der Waals surface area contributed by atoms with Gasteiger partial charge in [-0.05, 0) is 116 Å². The zero-order valence-corrected chi connectivity index (χ0v) is 61.9. The molecule has 0 aromatic carbocycles. The number of unbranched alkanes of at least 4 members (excludes halogenated alkanes) is 31. The Morgan fingerprint density at radius 2 is 0.487 bits per heavy atom. The molecule has 0 rings (SSSR count). The number of thiol groups is 9. The first-order chi connectivity index (χ1) is 38.0. The van der Waals surface area contributed by atoms with Crippen molar-refractivity contribution in [3.05, 3.63) is 36.5 Å². The minimum absolute atomic E-state index is 0.311. The molecule has 3 unspecified atom stereocenters. The predicted molar refractivity (Wildman–Crippen MR) is 378 cm³/mol. The van der Waals surface area contributed by atoms with Gasteiger partial charge in [-0.1, -0.05) is 211 Å². The molecule has 0 aromatic heterocycles. The second-order valence-electron chi connectivity index (χ2n) is 22.1. The molecular formula is C64H120O6S9Sn. The summed E-state index contributed by atoms with van der Waals surface area (Å²) in [7, 11) is 0. The summed E-state index contributed by atoms with van der Waals surface area (Å²) in [5.74, 6) is -4.57. The number of rotatable bonds is 53. The monoisotopic (exact) mass is 1390 g/mol. The van der Waals surface area contributed by atoms with E-state index >= 15 is 0 Å². The van der Waals surface area contributed by atoms with Gasteiger partial charge in [-0.25, -0.2) is 0 Å². The van der Waals surface area contributed by atoms with Crippen molar-refractivity contribution in [1.82, 2.24) is 0 Å². The van der Waals surface area contributed by atoms with Crippen LogP contribution in [0, 0.1) is 17.8 Å². The normalized spacial score (nSPS) is 13.1. The average Bonchev–Trinajstić information content (AvgIpc) is 3.37. The van der Waals surface area contributed by atoms with Crippen molar-refractivity contribution in [3.63, 3.8) is 0 Å². The van der Waals surface area contributed by atoms with Gasteiger partial charge >= 0.3 is 46.7 Å². The van der Waals surface area contributed by atoms with E-state index in [1.54, 1.807) is 22.5 Å². The number of allylic oxidation sites excluding steroid dienone is 6. The topological polar surface area (TPSA) is 120 Å². The molecule has 0 N–H and O–H groups in total. The Bertz CT molecular complexity index is 1270. The number of hydrogen-bond acceptors (Lipinski definition) is 15. The molecule has 0 saturated carbocycles. The summed E-state index contributed by atoms with van der Waals surface area (Å²) in [5, 5.41) is 33.4. The van der Waals surface area contributed by atoms with Crippen molar-refractivity contribution in [1.29, 1.82) is 0 Å². The van der Waals surface area contributed by atoms with Crippen LogP contribution in [-0.2, 0) is 14.4 Å². The van der Waals surface area contributed by atoms with Crippen molar-refractivity contribution in [2.75, 3.05) is 0 Å². The maximum atomic E-state index is 11.1. The summed E-state index contributed by atoms with van der Waals surface area (Å²) in [6.45, 7) is 8.98. The van der Waals surface area contributed by atoms with Crippen molar-refractivity contribution < 1.29 is 29.7 Å². The van der Waals surface area contributed by atoms with E-state index in [1.807, 2.05) is 0 Å². The number of carboxylic acids is 3. The molecule has 470 valence electrons. The summed E-state index contributed by atoms with van der Waals surface area (Å²) in [6, 6.07) is 0. The fourth-order valence-electron chi connectivity index (χ4n) is 8.93. The maximum absolute atomic E-state index is 11.1. The first-order valence-electron chi connectivity index (χ1n) is 31.7. The van der Waals surface area contributed by atoms with E-state index < -0.39 is 45.9 Å². The minimum atomic E-state index is -1.01. The molecule has 0 radical (unpaired) electrons. The summed E-state index contributed by atoms with van der Waals surface area (Å²) >= 11 is 39.2. The van der Waals surface area contributed by atoms with E-state index in [-0.39, 0.29) is 0 Å². The van der Waals surface area contributed by atoms with Crippen LogP contribution in [0.1, 0.15) is 310 Å². The number of carbonyl (C=O) groups is 3. The van der Waals surface area contributed by atoms with Crippen LogP contribution < -0.4 is 15.3 Å². The van der Waals surface area contributed by atoms with E-state index in [4.69, 9.17) is 0 Å². The summed E-state index contributed by atoms with van der Waals surface area (Å²) in [6.07, 6.45) is 63.7. The van der Waals surface area contributed by atoms with Crippen LogP contribution in [0.5, 0.6) is 0 Å². The average molecular weight is 1390 g/mol. The molecule has 0 spiro atoms. The predicted octanol–water partition coefficient (Wildman–Crippen LogP) is 18.9. The van der Waals surface area contributed by atoms with Crippen LogP contribution in [0.2, 0.25) is 4.44 Å². The van der Waals surface area contributed by atoms with Crippen molar-refractivity contribution >= 4 is 154 Å². The fourth-order valence-corrected chi connectivity index (χ4v) is 11.9. The third-order valence-corrected chi connectivity index (χ3v) is 16.4. The van der Waals surface area contributed by atoms with Gasteiger partial charge in [0.2, 0.25) is 0 Å². The van der Waals surface area contributed by atoms with Gasteiger partial charge in [-0.15, -0.1) is 0 Å². The third kappa shape index (κ3) is 79.6. The molecule has 0 aliphatic carbocycles. The molecule has 0 aliphatic heterocycles. The number of carbonyl (C=O) groups excluding carboxylic acids is 3. The number of aliphatic carboxylic acids is 3. The number of carboxylic acid groups (broad SMARTS) is 3. The Labute approximate surface area is 557 Å². The van der Waals surface area contributed by atoms with Gasteiger partial charge in [0.15, 0.2) is 0 Å². The van der Waals surface area contributed by atoms with Crippen molar-refractivity contribution in [3.8, 4) is 0 Å². The first kappa shape index (κ1) is 88.0. The molecule has 0 aliphatic rings. The van der Waals surface area contributed by atoms with E-state index in [9.17, 15) is 29.7 Å². The molecule has 0 aromatic rings. The Hall–Kier alpha value is 1.58. The molecular weight excluding hydrogens is 1270 g/mol. The molecule has 0 saturated heterocycles. The van der Waals surface area contributed by atoms with Gasteiger partial charge in [0.05, 0.1) is 10.2 Å². The van der Waals surface area contributed by atoms with Gasteiger partial charge < -0.3 is 29.7 Å². The van der Waals surface area contributed by atoms with Crippen LogP contribution >= 0.6 is 114 Å². The van der Waals surface area contributed by atoms with Crippen LogP contribution in [0.4, 0.5) is 0 Å².